The first kappa shape index (κ1) is 16.5. The van der Waals surface area contributed by atoms with Crippen molar-refractivity contribution in [3.63, 3.8) is 0 Å². The highest BCUT2D eigenvalue weighted by Gasteiger charge is 2.26. The maximum atomic E-state index is 4.13. The van der Waals surface area contributed by atoms with Gasteiger partial charge in [0.1, 0.15) is 0 Å². The van der Waals surface area contributed by atoms with Gasteiger partial charge in [0, 0.05) is 18.4 Å². The lowest BCUT2D eigenvalue weighted by Gasteiger charge is -2.34. The van der Waals surface area contributed by atoms with Crippen LogP contribution in [0.4, 0.5) is 0 Å². The minimum absolute atomic E-state index is 0.643. The van der Waals surface area contributed by atoms with Crippen LogP contribution in [0, 0.1) is 11.8 Å². The van der Waals surface area contributed by atoms with Crippen molar-refractivity contribution in [3.8, 4) is 0 Å². The molecule has 0 spiro atoms. The highest BCUT2D eigenvalue weighted by atomic mass is 14.9. The zero-order chi connectivity index (χ0) is 14.9. The van der Waals surface area contributed by atoms with Crippen LogP contribution in [0.15, 0.2) is 24.5 Å². The van der Waals surface area contributed by atoms with Crippen LogP contribution in [-0.4, -0.2) is 17.6 Å². The van der Waals surface area contributed by atoms with E-state index in [9.17, 15) is 0 Å². The van der Waals surface area contributed by atoms with Crippen molar-refractivity contribution in [2.45, 2.75) is 71.3 Å². The summed E-state index contributed by atoms with van der Waals surface area (Å²) in [5.74, 6) is 1.86. The van der Waals surface area contributed by atoms with Crippen LogP contribution in [-0.2, 0) is 6.42 Å². The average molecular weight is 288 g/mol. The van der Waals surface area contributed by atoms with Gasteiger partial charge in [-0.25, -0.2) is 0 Å². The molecule has 2 rings (SSSR count). The minimum atomic E-state index is 0.643. The fourth-order valence-electron chi connectivity index (χ4n) is 3.81. The van der Waals surface area contributed by atoms with Gasteiger partial charge in [-0.15, -0.1) is 0 Å². The molecule has 0 saturated heterocycles. The molecule has 0 aliphatic heterocycles. The molecule has 2 nitrogen and oxygen atoms in total. The van der Waals surface area contributed by atoms with E-state index >= 15 is 0 Å². The Morgan fingerprint density at radius 2 is 1.86 bits per heavy atom. The maximum absolute atomic E-state index is 4.13. The fourth-order valence-corrected chi connectivity index (χ4v) is 3.81. The van der Waals surface area contributed by atoms with E-state index in [1.165, 1.54) is 50.5 Å². The summed E-state index contributed by atoms with van der Waals surface area (Å²) in [6.45, 7) is 5.61. The van der Waals surface area contributed by atoms with Crippen LogP contribution in [0.2, 0.25) is 0 Å². The van der Waals surface area contributed by atoms with E-state index in [0.29, 0.717) is 6.04 Å². The summed E-state index contributed by atoms with van der Waals surface area (Å²) in [4.78, 5) is 4.13. The zero-order valence-electron chi connectivity index (χ0n) is 13.9. The summed E-state index contributed by atoms with van der Waals surface area (Å²) in [5, 5.41) is 3.74. The molecule has 1 fully saturated rings. The quantitative estimate of drug-likeness (QED) is 0.756. The van der Waals surface area contributed by atoms with Gasteiger partial charge < -0.3 is 5.32 Å². The van der Waals surface area contributed by atoms with Crippen LogP contribution < -0.4 is 5.32 Å². The molecule has 1 unspecified atom stereocenters. The van der Waals surface area contributed by atoms with Crippen molar-refractivity contribution >= 4 is 0 Å². The third kappa shape index (κ3) is 5.43. The molecule has 1 aliphatic carbocycles. The number of nitrogens with one attached hydrogen (secondary N) is 1. The summed E-state index contributed by atoms with van der Waals surface area (Å²) in [6.07, 6.45) is 14.9. The summed E-state index contributed by atoms with van der Waals surface area (Å²) >= 11 is 0. The van der Waals surface area contributed by atoms with E-state index in [4.69, 9.17) is 0 Å². The molecular formula is C19H32N2. The highest BCUT2D eigenvalue weighted by molar-refractivity contribution is 5.12. The predicted octanol–water partition coefficient (Wildman–Crippen LogP) is 4.60. The van der Waals surface area contributed by atoms with Crippen molar-refractivity contribution in [1.29, 1.82) is 0 Å². The Balaban J connectivity index is 1.85. The standard InChI is InChI=1S/C19H32N2/c1-3-5-6-16-7-9-18(10-8-16)19(21-4-2)15-17-11-13-20-14-12-17/h11-14,16,18-19,21H,3-10,15H2,1-2H3. The molecular weight excluding hydrogens is 256 g/mol. The lowest BCUT2D eigenvalue weighted by Crippen LogP contribution is -2.39. The fraction of sp³-hybridized carbons (Fsp3) is 0.737. The van der Waals surface area contributed by atoms with E-state index in [2.05, 4.69) is 36.3 Å². The molecule has 1 aromatic rings. The number of hydrogen-bond acceptors (Lipinski definition) is 2. The second kappa shape index (κ2) is 9.19. The molecule has 1 saturated carbocycles. The molecule has 0 amide bonds. The number of hydrogen-bond donors (Lipinski definition) is 1. The summed E-state index contributed by atoms with van der Waals surface area (Å²) in [7, 11) is 0. The predicted molar refractivity (Wildman–Crippen MR) is 90.4 cm³/mol. The third-order valence-corrected chi connectivity index (χ3v) is 5.10. The number of rotatable bonds is 8. The number of unbranched alkanes of at least 4 members (excludes halogenated alkanes) is 1. The number of nitrogens with zero attached hydrogens (tertiary/aromatic N) is 1. The molecule has 1 atom stereocenters. The summed E-state index contributed by atoms with van der Waals surface area (Å²) in [5.41, 5.74) is 1.42. The monoisotopic (exact) mass is 288 g/mol. The SMILES string of the molecule is CCCCC1CCC(C(Cc2ccncc2)NCC)CC1. The highest BCUT2D eigenvalue weighted by Crippen LogP contribution is 2.34. The van der Waals surface area contributed by atoms with Crippen molar-refractivity contribution < 1.29 is 0 Å². The zero-order valence-corrected chi connectivity index (χ0v) is 13.9. The van der Waals surface area contributed by atoms with Crippen LogP contribution in [0.1, 0.15) is 64.4 Å². The topological polar surface area (TPSA) is 24.9 Å². The first-order valence-corrected chi connectivity index (χ1v) is 8.95. The van der Waals surface area contributed by atoms with Gasteiger partial charge in [-0.05, 0) is 55.3 Å². The Kier molecular flexibility index (Phi) is 7.21. The Morgan fingerprint density at radius 3 is 2.48 bits per heavy atom. The molecule has 21 heavy (non-hydrogen) atoms. The van der Waals surface area contributed by atoms with Crippen molar-refractivity contribution in [2.75, 3.05) is 6.54 Å². The Hall–Kier alpha value is -0.890. The normalized spacial score (nSPS) is 23.9. The van der Waals surface area contributed by atoms with Gasteiger partial charge in [-0.3, -0.25) is 4.98 Å². The molecule has 2 heteroatoms. The summed E-state index contributed by atoms with van der Waals surface area (Å²) < 4.78 is 0. The Bertz CT molecular complexity index is 368. The van der Waals surface area contributed by atoms with E-state index in [1.54, 1.807) is 0 Å². The summed E-state index contributed by atoms with van der Waals surface area (Å²) in [6, 6.07) is 4.97. The Labute approximate surface area is 130 Å². The first-order chi connectivity index (χ1) is 10.3. The van der Waals surface area contributed by atoms with Crippen LogP contribution in [0.3, 0.4) is 0 Å². The minimum Gasteiger partial charge on any atom is -0.314 e. The number of pyridine rings is 1. The number of aromatic nitrogens is 1. The molecule has 1 aliphatic rings. The second-order valence-corrected chi connectivity index (χ2v) is 6.65. The van der Waals surface area contributed by atoms with Crippen molar-refractivity contribution in [3.05, 3.63) is 30.1 Å². The lowest BCUT2D eigenvalue weighted by atomic mass is 9.75. The molecule has 1 aromatic heterocycles. The van der Waals surface area contributed by atoms with E-state index in [-0.39, 0.29) is 0 Å². The van der Waals surface area contributed by atoms with E-state index in [0.717, 1.165) is 24.8 Å². The Morgan fingerprint density at radius 1 is 1.14 bits per heavy atom. The molecule has 1 heterocycles. The van der Waals surface area contributed by atoms with Crippen LogP contribution in [0.5, 0.6) is 0 Å². The molecule has 0 aromatic carbocycles. The lowest BCUT2D eigenvalue weighted by molar-refractivity contribution is 0.212. The molecule has 0 radical (unpaired) electrons. The van der Waals surface area contributed by atoms with Gasteiger partial charge in [0.05, 0.1) is 0 Å². The largest absolute Gasteiger partial charge is 0.314 e. The van der Waals surface area contributed by atoms with Gasteiger partial charge in [0.2, 0.25) is 0 Å². The van der Waals surface area contributed by atoms with E-state index in [1.807, 2.05) is 12.4 Å². The first-order valence-electron chi connectivity index (χ1n) is 8.95. The van der Waals surface area contributed by atoms with Crippen molar-refractivity contribution in [2.24, 2.45) is 11.8 Å². The third-order valence-electron chi connectivity index (χ3n) is 5.10. The second-order valence-electron chi connectivity index (χ2n) is 6.65. The van der Waals surface area contributed by atoms with Crippen LogP contribution in [0.25, 0.3) is 0 Å². The van der Waals surface area contributed by atoms with E-state index < -0.39 is 0 Å². The van der Waals surface area contributed by atoms with Crippen LogP contribution >= 0.6 is 0 Å². The van der Waals surface area contributed by atoms with Gasteiger partial charge in [-0.2, -0.15) is 0 Å². The van der Waals surface area contributed by atoms with Crippen molar-refractivity contribution in [1.82, 2.24) is 10.3 Å². The maximum Gasteiger partial charge on any atom is 0.0270 e. The average Bonchev–Trinajstić information content (AvgIpc) is 2.54. The molecule has 1 N–H and O–H groups in total. The number of likely N-dealkylation sites (N-methyl/N-ethyl adjacent to an activating group) is 1. The van der Waals surface area contributed by atoms with Gasteiger partial charge in [0.25, 0.3) is 0 Å². The van der Waals surface area contributed by atoms with Gasteiger partial charge in [-0.1, -0.05) is 46.0 Å². The smallest absolute Gasteiger partial charge is 0.0270 e. The molecule has 118 valence electrons. The van der Waals surface area contributed by atoms with Gasteiger partial charge in [0.15, 0.2) is 0 Å². The molecule has 0 bridgehead atoms. The van der Waals surface area contributed by atoms with Gasteiger partial charge >= 0.3 is 0 Å².